The van der Waals surface area contributed by atoms with E-state index in [0.29, 0.717) is 0 Å². The summed E-state index contributed by atoms with van der Waals surface area (Å²) in [5.41, 5.74) is 0.770. The van der Waals surface area contributed by atoms with E-state index in [0.717, 1.165) is 5.70 Å². The summed E-state index contributed by atoms with van der Waals surface area (Å²) in [5, 5.41) is 0. The predicted octanol–water partition coefficient (Wildman–Crippen LogP) is 1.26. The van der Waals surface area contributed by atoms with Gasteiger partial charge in [-0.1, -0.05) is 6.58 Å². The Morgan fingerprint density at radius 3 is 2.20 bits per heavy atom. The molecule has 0 bridgehead atoms. The molecule has 0 radical (unpaired) electrons. The van der Waals surface area contributed by atoms with Gasteiger partial charge in [0, 0.05) is 17.5 Å². The standard InChI is InChI=1S/C3H6ClN/c1-3(2)5-4/h5H,1H2,2H3. The molecule has 0 atom stereocenters. The van der Waals surface area contributed by atoms with Gasteiger partial charge in [0.1, 0.15) is 0 Å². The molecule has 0 fully saturated rings. The molecule has 0 aromatic carbocycles. The molecule has 0 aliphatic carbocycles. The highest BCUT2D eigenvalue weighted by atomic mass is 35.5. The molecular weight excluding hydrogens is 85.5 g/mol. The van der Waals surface area contributed by atoms with E-state index in [4.69, 9.17) is 11.8 Å². The Labute approximate surface area is 36.7 Å². The molecule has 5 heavy (non-hydrogen) atoms. The third-order valence-corrected chi connectivity index (χ3v) is 0.484. The molecule has 0 aromatic heterocycles. The number of hydrogen-bond donors (Lipinski definition) is 1. The fraction of sp³-hybridized carbons (Fsp3) is 0.333. The topological polar surface area (TPSA) is 12.0 Å². The van der Waals surface area contributed by atoms with Crippen LogP contribution in [0, 0.1) is 0 Å². The Kier molecular flexibility index (Phi) is 2.02. The summed E-state index contributed by atoms with van der Waals surface area (Å²) >= 11 is 4.99. The fourth-order valence-electron chi connectivity index (χ4n) is 0. The average molecular weight is 91.5 g/mol. The lowest BCUT2D eigenvalue weighted by atomic mass is 10.6. The fourth-order valence-corrected chi connectivity index (χ4v) is 0. The Morgan fingerprint density at radius 2 is 2.20 bits per heavy atom. The van der Waals surface area contributed by atoms with Crippen LogP contribution in [0.1, 0.15) is 6.92 Å². The first-order valence-electron chi connectivity index (χ1n) is 1.29. The summed E-state index contributed by atoms with van der Waals surface area (Å²) in [6.45, 7) is 5.22. The summed E-state index contributed by atoms with van der Waals surface area (Å²) in [7, 11) is 0. The Balaban J connectivity index is 2.85. The van der Waals surface area contributed by atoms with Gasteiger partial charge in [0.2, 0.25) is 0 Å². The summed E-state index contributed by atoms with van der Waals surface area (Å²) in [4.78, 5) is 2.31. The van der Waals surface area contributed by atoms with Crippen molar-refractivity contribution in [1.82, 2.24) is 4.84 Å². The number of rotatable bonds is 1. The van der Waals surface area contributed by atoms with Gasteiger partial charge in [0.15, 0.2) is 0 Å². The summed E-state index contributed by atoms with van der Waals surface area (Å²) in [5.74, 6) is 0. The molecule has 0 aromatic rings. The molecule has 30 valence electrons. The van der Waals surface area contributed by atoms with Crippen molar-refractivity contribution in [1.29, 1.82) is 0 Å². The van der Waals surface area contributed by atoms with Crippen molar-refractivity contribution in [2.75, 3.05) is 0 Å². The molecule has 0 aliphatic heterocycles. The van der Waals surface area contributed by atoms with E-state index in [1.54, 1.807) is 6.92 Å². The van der Waals surface area contributed by atoms with Crippen LogP contribution in [0.2, 0.25) is 0 Å². The normalized spacial score (nSPS) is 6.80. The van der Waals surface area contributed by atoms with Gasteiger partial charge < -0.3 is 4.84 Å². The quantitative estimate of drug-likeness (QED) is 0.479. The first-order chi connectivity index (χ1) is 2.27. The molecule has 0 aliphatic rings. The monoisotopic (exact) mass is 91.0 g/mol. The molecule has 1 N–H and O–H groups in total. The highest BCUT2D eigenvalue weighted by molar-refractivity contribution is 6.14. The molecule has 0 unspecified atom stereocenters. The van der Waals surface area contributed by atoms with Crippen molar-refractivity contribution < 1.29 is 0 Å². The smallest absolute Gasteiger partial charge is 0.0162 e. The maximum absolute atomic E-state index is 4.99. The molecule has 0 rings (SSSR count). The van der Waals surface area contributed by atoms with Crippen LogP contribution in [0.15, 0.2) is 12.3 Å². The van der Waals surface area contributed by atoms with Gasteiger partial charge in [-0.15, -0.1) is 0 Å². The molecule has 0 saturated carbocycles. The van der Waals surface area contributed by atoms with Crippen LogP contribution >= 0.6 is 11.8 Å². The van der Waals surface area contributed by atoms with Crippen LogP contribution < -0.4 is 4.84 Å². The lowest BCUT2D eigenvalue weighted by Gasteiger charge is -1.83. The van der Waals surface area contributed by atoms with Gasteiger partial charge in [0.05, 0.1) is 0 Å². The molecule has 2 heteroatoms. The van der Waals surface area contributed by atoms with Crippen molar-refractivity contribution in [2.45, 2.75) is 6.92 Å². The summed E-state index contributed by atoms with van der Waals surface area (Å²) in [6, 6.07) is 0. The second kappa shape index (κ2) is 2.09. The Morgan fingerprint density at radius 1 is 2.00 bits per heavy atom. The highest BCUT2D eigenvalue weighted by Crippen LogP contribution is 1.75. The van der Waals surface area contributed by atoms with E-state index >= 15 is 0 Å². The lowest BCUT2D eigenvalue weighted by molar-refractivity contribution is 1.20. The molecule has 0 saturated heterocycles. The Hall–Kier alpha value is -0.170. The second-order valence-electron chi connectivity index (χ2n) is 0.875. The van der Waals surface area contributed by atoms with E-state index in [1.807, 2.05) is 0 Å². The van der Waals surface area contributed by atoms with Crippen LogP contribution in [-0.4, -0.2) is 0 Å². The van der Waals surface area contributed by atoms with Crippen LogP contribution in [0.4, 0.5) is 0 Å². The van der Waals surface area contributed by atoms with Gasteiger partial charge in [-0.2, -0.15) is 0 Å². The zero-order valence-electron chi connectivity index (χ0n) is 3.09. The van der Waals surface area contributed by atoms with Gasteiger partial charge in [0.25, 0.3) is 0 Å². The van der Waals surface area contributed by atoms with E-state index in [-0.39, 0.29) is 0 Å². The molecular formula is C3H6ClN. The third-order valence-electron chi connectivity index (χ3n) is 0.161. The number of hydrogen-bond acceptors (Lipinski definition) is 1. The largest absolute Gasteiger partial charge is 0.303 e. The second-order valence-corrected chi connectivity index (χ2v) is 1.06. The third kappa shape index (κ3) is 3.83. The van der Waals surface area contributed by atoms with Crippen LogP contribution in [-0.2, 0) is 0 Å². The van der Waals surface area contributed by atoms with E-state index in [2.05, 4.69) is 11.4 Å². The number of allylic oxidation sites excluding steroid dienone is 1. The molecule has 0 heterocycles. The molecule has 0 spiro atoms. The van der Waals surface area contributed by atoms with Crippen molar-refractivity contribution >= 4 is 11.8 Å². The van der Waals surface area contributed by atoms with Crippen LogP contribution in [0.5, 0.6) is 0 Å². The van der Waals surface area contributed by atoms with Crippen LogP contribution in [0.3, 0.4) is 0 Å². The Bertz CT molecular complexity index is 42.2. The lowest BCUT2D eigenvalue weighted by Crippen LogP contribution is -1.87. The van der Waals surface area contributed by atoms with E-state index < -0.39 is 0 Å². The van der Waals surface area contributed by atoms with E-state index in [1.165, 1.54) is 0 Å². The maximum atomic E-state index is 4.99. The first-order valence-corrected chi connectivity index (χ1v) is 1.67. The minimum atomic E-state index is 0.770. The van der Waals surface area contributed by atoms with Crippen molar-refractivity contribution in [2.24, 2.45) is 0 Å². The summed E-state index contributed by atoms with van der Waals surface area (Å²) in [6.07, 6.45) is 0. The van der Waals surface area contributed by atoms with Crippen molar-refractivity contribution in [3.8, 4) is 0 Å². The number of halogens is 1. The zero-order valence-corrected chi connectivity index (χ0v) is 3.84. The van der Waals surface area contributed by atoms with E-state index in [9.17, 15) is 0 Å². The minimum Gasteiger partial charge on any atom is -0.303 e. The van der Waals surface area contributed by atoms with Gasteiger partial charge >= 0.3 is 0 Å². The predicted molar refractivity (Wildman–Crippen MR) is 23.8 cm³/mol. The SMILES string of the molecule is C=C(C)NCl. The minimum absolute atomic E-state index is 0.770. The molecule has 1 nitrogen and oxygen atoms in total. The number of nitrogens with one attached hydrogen (secondary N) is 1. The maximum Gasteiger partial charge on any atom is 0.0162 e. The summed E-state index contributed by atoms with van der Waals surface area (Å²) < 4.78 is 0. The average Bonchev–Trinajstić information content (AvgIpc) is 1.38. The van der Waals surface area contributed by atoms with Gasteiger partial charge in [-0.05, 0) is 6.92 Å². The van der Waals surface area contributed by atoms with Gasteiger partial charge in [-0.3, -0.25) is 0 Å². The molecule has 0 amide bonds. The zero-order chi connectivity index (χ0) is 4.28. The first kappa shape index (κ1) is 4.83. The van der Waals surface area contributed by atoms with Gasteiger partial charge in [-0.25, -0.2) is 0 Å². The van der Waals surface area contributed by atoms with Crippen LogP contribution in [0.25, 0.3) is 0 Å². The van der Waals surface area contributed by atoms with Crippen molar-refractivity contribution in [3.05, 3.63) is 12.3 Å². The highest BCUT2D eigenvalue weighted by Gasteiger charge is 1.65. The van der Waals surface area contributed by atoms with Crippen molar-refractivity contribution in [3.63, 3.8) is 0 Å².